The average molecular weight is 331 g/mol. The van der Waals surface area contributed by atoms with Crippen LogP contribution in [0.2, 0.25) is 0 Å². The molecule has 0 fully saturated rings. The third-order valence-corrected chi connectivity index (χ3v) is 3.97. The van der Waals surface area contributed by atoms with Crippen LogP contribution in [0.5, 0.6) is 0 Å². The molecule has 128 valence electrons. The zero-order chi connectivity index (χ0) is 17.9. The smallest absolute Gasteiger partial charge is 0.0626 e. The Labute approximate surface area is 150 Å². The Kier molecular flexibility index (Phi) is 7.64. The van der Waals surface area contributed by atoms with E-state index in [4.69, 9.17) is 0 Å². The molecule has 0 spiro atoms. The average Bonchev–Trinajstić information content (AvgIpc) is 2.68. The largest absolute Gasteiger partial charge is 0.394 e. The fourth-order valence-electron chi connectivity index (χ4n) is 2.69. The maximum atomic E-state index is 9.68. The molecule has 0 aromatic heterocycles. The van der Waals surface area contributed by atoms with Crippen LogP contribution in [0.1, 0.15) is 17.2 Å². The molecule has 0 amide bonds. The minimum absolute atomic E-state index is 0.0509. The molecule has 2 N–H and O–H groups in total. The van der Waals surface area contributed by atoms with Crippen molar-refractivity contribution in [2.45, 2.75) is 6.04 Å². The normalized spacial score (nSPS) is 13.3. The van der Waals surface area contributed by atoms with Crippen molar-refractivity contribution in [3.8, 4) is 0 Å². The van der Waals surface area contributed by atoms with Gasteiger partial charge in [-0.05, 0) is 22.3 Å². The van der Waals surface area contributed by atoms with Gasteiger partial charge in [-0.25, -0.2) is 0 Å². The Morgan fingerprint density at radius 2 is 1.64 bits per heavy atom. The maximum absolute atomic E-state index is 9.68. The molecule has 1 unspecified atom stereocenters. The first kappa shape index (κ1) is 18.7. The Morgan fingerprint density at radius 1 is 1.00 bits per heavy atom. The van der Waals surface area contributed by atoms with Crippen LogP contribution in [0, 0.1) is 0 Å². The van der Waals surface area contributed by atoms with Gasteiger partial charge < -0.3 is 10.4 Å². The molecular formula is C23H25NO. The molecule has 2 nitrogen and oxygen atoms in total. The molecule has 0 aliphatic heterocycles. The summed E-state index contributed by atoms with van der Waals surface area (Å²) < 4.78 is 0. The van der Waals surface area contributed by atoms with Gasteiger partial charge >= 0.3 is 0 Å². The Bertz CT molecular complexity index is 729. The predicted molar refractivity (Wildman–Crippen MR) is 107 cm³/mol. The number of aliphatic hydroxyl groups excluding tert-OH is 1. The van der Waals surface area contributed by atoms with Crippen LogP contribution in [0.4, 0.5) is 0 Å². The van der Waals surface area contributed by atoms with Crippen molar-refractivity contribution in [2.24, 2.45) is 0 Å². The summed E-state index contributed by atoms with van der Waals surface area (Å²) in [5.41, 5.74) is 4.30. The molecule has 2 heteroatoms. The Morgan fingerprint density at radius 3 is 2.20 bits per heavy atom. The van der Waals surface area contributed by atoms with E-state index in [1.165, 1.54) is 0 Å². The first-order chi connectivity index (χ1) is 12.3. The van der Waals surface area contributed by atoms with E-state index in [2.05, 4.69) is 36.7 Å². The molecule has 0 saturated carbocycles. The minimum Gasteiger partial charge on any atom is -0.394 e. The number of benzene rings is 2. The zero-order valence-corrected chi connectivity index (χ0v) is 14.4. The van der Waals surface area contributed by atoms with Crippen LogP contribution in [0.15, 0.2) is 104 Å². The number of allylic oxidation sites excluding steroid dienone is 5. The first-order valence-electron chi connectivity index (χ1n) is 8.40. The highest BCUT2D eigenvalue weighted by Crippen LogP contribution is 2.24. The monoisotopic (exact) mass is 331 g/mol. The highest BCUT2D eigenvalue weighted by molar-refractivity contribution is 5.82. The van der Waals surface area contributed by atoms with E-state index in [9.17, 15) is 5.11 Å². The molecule has 0 bridgehead atoms. The van der Waals surface area contributed by atoms with E-state index >= 15 is 0 Å². The maximum Gasteiger partial charge on any atom is 0.0626 e. The second-order valence-electron chi connectivity index (χ2n) is 5.60. The molecule has 0 aliphatic rings. The van der Waals surface area contributed by atoms with Crippen LogP contribution in [0.3, 0.4) is 0 Å². The van der Waals surface area contributed by atoms with Gasteiger partial charge in [0, 0.05) is 6.54 Å². The highest BCUT2D eigenvalue weighted by Gasteiger charge is 2.09. The van der Waals surface area contributed by atoms with Gasteiger partial charge in [0.25, 0.3) is 0 Å². The topological polar surface area (TPSA) is 32.3 Å². The van der Waals surface area contributed by atoms with Crippen molar-refractivity contribution in [1.29, 1.82) is 0 Å². The molecule has 1 atom stereocenters. The zero-order valence-electron chi connectivity index (χ0n) is 14.4. The quantitative estimate of drug-likeness (QED) is 0.653. The first-order valence-corrected chi connectivity index (χ1v) is 8.40. The van der Waals surface area contributed by atoms with Gasteiger partial charge in [-0.2, -0.15) is 0 Å². The summed E-state index contributed by atoms with van der Waals surface area (Å²) in [4.78, 5) is 0. The molecule has 0 aliphatic carbocycles. The van der Waals surface area contributed by atoms with Crippen LogP contribution in [-0.2, 0) is 0 Å². The predicted octanol–water partition coefficient (Wildman–Crippen LogP) is 4.69. The number of rotatable bonds is 9. The van der Waals surface area contributed by atoms with Crippen molar-refractivity contribution >= 4 is 5.57 Å². The summed E-state index contributed by atoms with van der Waals surface area (Å²) in [6.45, 7) is 8.38. The van der Waals surface area contributed by atoms with Gasteiger partial charge in [0.2, 0.25) is 0 Å². The van der Waals surface area contributed by atoms with Crippen LogP contribution in [0.25, 0.3) is 5.57 Å². The van der Waals surface area contributed by atoms with Crippen molar-refractivity contribution < 1.29 is 5.11 Å². The number of nitrogens with one attached hydrogen (secondary N) is 1. The summed E-state index contributed by atoms with van der Waals surface area (Å²) in [6, 6.07) is 20.1. The second kappa shape index (κ2) is 10.2. The number of hydrogen-bond donors (Lipinski definition) is 2. The summed E-state index contributed by atoms with van der Waals surface area (Å²) in [5.74, 6) is 0. The molecule has 0 radical (unpaired) electrons. The fourth-order valence-corrected chi connectivity index (χ4v) is 2.69. The van der Waals surface area contributed by atoms with Gasteiger partial charge in [0.05, 0.1) is 12.6 Å². The van der Waals surface area contributed by atoms with E-state index in [0.717, 1.165) is 22.3 Å². The van der Waals surface area contributed by atoms with Crippen LogP contribution in [-0.4, -0.2) is 18.3 Å². The number of aliphatic hydroxyl groups is 1. The van der Waals surface area contributed by atoms with E-state index in [1.54, 1.807) is 6.08 Å². The summed E-state index contributed by atoms with van der Waals surface area (Å²) in [7, 11) is 0. The Balaban J connectivity index is 2.21. The van der Waals surface area contributed by atoms with Gasteiger partial charge in [0.15, 0.2) is 0 Å². The Hall–Kier alpha value is -2.68. The SMILES string of the molecule is C=C/C=C(C=C)/C(=C/CNC(CO)c1ccccc1)c1ccccc1. The lowest BCUT2D eigenvalue weighted by molar-refractivity contribution is 0.248. The molecule has 0 saturated heterocycles. The van der Waals surface area contributed by atoms with E-state index in [0.29, 0.717) is 6.54 Å². The minimum atomic E-state index is -0.0926. The van der Waals surface area contributed by atoms with Gasteiger partial charge in [-0.3, -0.25) is 0 Å². The van der Waals surface area contributed by atoms with Gasteiger partial charge in [-0.1, -0.05) is 98.1 Å². The third-order valence-electron chi connectivity index (χ3n) is 3.97. The fraction of sp³-hybridized carbons (Fsp3) is 0.130. The van der Waals surface area contributed by atoms with E-state index in [1.807, 2.05) is 60.7 Å². The summed E-state index contributed by atoms with van der Waals surface area (Å²) >= 11 is 0. The molecule has 25 heavy (non-hydrogen) atoms. The van der Waals surface area contributed by atoms with E-state index < -0.39 is 0 Å². The van der Waals surface area contributed by atoms with Crippen molar-refractivity contribution in [2.75, 3.05) is 13.2 Å². The molecule has 2 aromatic rings. The lowest BCUT2D eigenvalue weighted by Crippen LogP contribution is -2.24. The second-order valence-corrected chi connectivity index (χ2v) is 5.60. The molecule has 2 aromatic carbocycles. The van der Waals surface area contributed by atoms with Crippen molar-refractivity contribution in [3.05, 3.63) is 115 Å². The van der Waals surface area contributed by atoms with Gasteiger partial charge in [0.1, 0.15) is 0 Å². The standard InChI is InChI=1S/C23H25NO/c1-3-11-19(4-2)22(20-12-7-5-8-13-20)16-17-24-23(18-25)21-14-9-6-10-15-21/h3-16,23-25H,1-2,17-18H2/b19-11+,22-16-. The molecule has 2 rings (SSSR count). The highest BCUT2D eigenvalue weighted by atomic mass is 16.3. The van der Waals surface area contributed by atoms with Crippen LogP contribution >= 0.6 is 0 Å². The van der Waals surface area contributed by atoms with Crippen molar-refractivity contribution in [1.82, 2.24) is 5.32 Å². The lowest BCUT2D eigenvalue weighted by Gasteiger charge is -2.16. The number of hydrogen-bond acceptors (Lipinski definition) is 2. The third kappa shape index (κ3) is 5.42. The molecular weight excluding hydrogens is 306 g/mol. The lowest BCUT2D eigenvalue weighted by atomic mass is 9.97. The molecule has 0 heterocycles. The van der Waals surface area contributed by atoms with E-state index in [-0.39, 0.29) is 12.6 Å². The van der Waals surface area contributed by atoms with Crippen LogP contribution < -0.4 is 5.32 Å². The summed E-state index contributed by atoms with van der Waals surface area (Å²) in [6.07, 6.45) is 7.67. The summed E-state index contributed by atoms with van der Waals surface area (Å²) in [5, 5.41) is 13.1. The van der Waals surface area contributed by atoms with Gasteiger partial charge in [-0.15, -0.1) is 0 Å². The van der Waals surface area contributed by atoms with Crippen molar-refractivity contribution in [3.63, 3.8) is 0 Å².